The van der Waals surface area contributed by atoms with E-state index in [1.807, 2.05) is 37.6 Å². The van der Waals surface area contributed by atoms with E-state index in [0.717, 1.165) is 86.3 Å². The number of nitrogens with zero attached hydrogens (tertiary/aromatic N) is 5. The highest BCUT2D eigenvalue weighted by atomic mass is 16.6. The molecule has 2 aliphatic heterocycles. The van der Waals surface area contributed by atoms with Gasteiger partial charge in [0.25, 0.3) is 0 Å². The Balaban J connectivity index is 1.34. The molecule has 3 fully saturated rings. The van der Waals surface area contributed by atoms with Gasteiger partial charge in [-0.3, -0.25) is 4.90 Å². The average Bonchev–Trinajstić information content (AvgIpc) is 3.69. The number of benzene rings is 1. The number of pyridine rings is 1. The lowest BCUT2D eigenvalue weighted by Gasteiger charge is -2.35. The van der Waals surface area contributed by atoms with Crippen molar-refractivity contribution in [2.24, 2.45) is 0 Å². The summed E-state index contributed by atoms with van der Waals surface area (Å²) in [6.45, 7) is 10.0. The Morgan fingerprint density at radius 1 is 1.08 bits per heavy atom. The number of piperazine rings is 1. The van der Waals surface area contributed by atoms with Gasteiger partial charge in [-0.2, -0.15) is 5.10 Å². The van der Waals surface area contributed by atoms with Crippen LogP contribution in [0.3, 0.4) is 0 Å². The first kappa shape index (κ1) is 26.1. The molecule has 1 saturated carbocycles. The molecule has 2 saturated heterocycles. The Labute approximate surface area is 229 Å². The molecule has 1 atom stereocenters. The number of amides is 1. The van der Waals surface area contributed by atoms with Crippen molar-refractivity contribution in [2.45, 2.75) is 77.2 Å². The van der Waals surface area contributed by atoms with E-state index >= 15 is 0 Å². The largest absolute Gasteiger partial charge is 0.508 e. The Morgan fingerprint density at radius 3 is 2.46 bits per heavy atom. The van der Waals surface area contributed by atoms with E-state index in [1.54, 1.807) is 17.0 Å². The molecule has 1 unspecified atom stereocenters. The quantitative estimate of drug-likeness (QED) is 0.467. The second-order valence-corrected chi connectivity index (χ2v) is 12.1. The molecule has 1 aromatic carbocycles. The highest BCUT2D eigenvalue weighted by Crippen LogP contribution is 2.45. The summed E-state index contributed by atoms with van der Waals surface area (Å²) in [4.78, 5) is 22.0. The smallest absolute Gasteiger partial charge is 0.410 e. The molecule has 0 spiro atoms. The standard InChI is InChI=1S/C30H39N5O4/c1-30(2,3)39-29(37)34-15-13-33(14-16-34)19-22-18-24(20-9-11-23(36)12-10-20)31-28-26(22)27(21-7-8-21)32-35(28)25-6-4-5-17-38-25/h9-12,18,21,25,36H,4-8,13-17,19H2,1-3H3. The number of fused-ring (bicyclic) bond motifs is 1. The fourth-order valence-electron chi connectivity index (χ4n) is 5.56. The molecule has 0 radical (unpaired) electrons. The first-order chi connectivity index (χ1) is 18.7. The number of hydrogen-bond acceptors (Lipinski definition) is 7. The molecular weight excluding hydrogens is 494 g/mol. The number of carbonyl (C=O) groups is 1. The van der Waals surface area contributed by atoms with Crippen LogP contribution in [0.15, 0.2) is 30.3 Å². The van der Waals surface area contributed by atoms with Gasteiger partial charge >= 0.3 is 6.09 Å². The monoisotopic (exact) mass is 533 g/mol. The predicted molar refractivity (Wildman–Crippen MR) is 149 cm³/mol. The van der Waals surface area contributed by atoms with Gasteiger partial charge in [-0.05, 0) is 88.8 Å². The van der Waals surface area contributed by atoms with Crippen LogP contribution in [-0.4, -0.2) is 74.2 Å². The Bertz CT molecular complexity index is 1330. The normalized spacial score (nSPS) is 20.9. The number of carbonyl (C=O) groups excluding carboxylic acids is 1. The second-order valence-electron chi connectivity index (χ2n) is 12.1. The zero-order valence-electron chi connectivity index (χ0n) is 23.2. The second kappa shape index (κ2) is 10.4. The van der Waals surface area contributed by atoms with Crippen LogP contribution in [0, 0.1) is 0 Å². The summed E-state index contributed by atoms with van der Waals surface area (Å²) in [7, 11) is 0. The van der Waals surface area contributed by atoms with E-state index in [4.69, 9.17) is 19.6 Å². The first-order valence-corrected chi connectivity index (χ1v) is 14.3. The van der Waals surface area contributed by atoms with Gasteiger partial charge < -0.3 is 19.5 Å². The number of ether oxygens (including phenoxy) is 2. The molecule has 9 heteroatoms. The molecule has 1 N–H and O–H groups in total. The van der Waals surface area contributed by atoms with E-state index in [0.29, 0.717) is 19.0 Å². The van der Waals surface area contributed by atoms with Crippen LogP contribution in [-0.2, 0) is 16.0 Å². The van der Waals surface area contributed by atoms with E-state index in [-0.39, 0.29) is 18.1 Å². The summed E-state index contributed by atoms with van der Waals surface area (Å²) in [6.07, 6.45) is 5.12. The van der Waals surface area contributed by atoms with E-state index in [2.05, 4.69) is 11.0 Å². The molecule has 1 aliphatic carbocycles. The van der Waals surface area contributed by atoms with Crippen LogP contribution in [0.25, 0.3) is 22.3 Å². The van der Waals surface area contributed by atoms with Gasteiger partial charge in [0.05, 0.1) is 11.4 Å². The number of phenolic OH excluding ortho intramolecular Hbond substituents is 1. The third kappa shape index (κ3) is 5.75. The number of phenols is 1. The summed E-state index contributed by atoms with van der Waals surface area (Å²) < 4.78 is 13.8. The molecule has 1 amide bonds. The molecule has 3 aromatic rings. The van der Waals surface area contributed by atoms with Crippen molar-refractivity contribution in [3.63, 3.8) is 0 Å². The van der Waals surface area contributed by atoms with Gasteiger partial charge in [0.1, 0.15) is 11.4 Å². The highest BCUT2D eigenvalue weighted by molar-refractivity contribution is 5.86. The van der Waals surface area contributed by atoms with Gasteiger partial charge in [0.2, 0.25) is 0 Å². The molecule has 6 rings (SSSR count). The number of aromatic nitrogens is 3. The van der Waals surface area contributed by atoms with Gasteiger partial charge in [-0.15, -0.1) is 0 Å². The highest BCUT2D eigenvalue weighted by Gasteiger charge is 2.34. The molecule has 39 heavy (non-hydrogen) atoms. The molecule has 208 valence electrons. The summed E-state index contributed by atoms with van der Waals surface area (Å²) >= 11 is 0. The number of rotatable bonds is 5. The maximum atomic E-state index is 12.6. The summed E-state index contributed by atoms with van der Waals surface area (Å²) in [6, 6.07) is 9.41. The molecule has 9 nitrogen and oxygen atoms in total. The first-order valence-electron chi connectivity index (χ1n) is 14.3. The lowest BCUT2D eigenvalue weighted by molar-refractivity contribution is -0.0372. The van der Waals surface area contributed by atoms with E-state index < -0.39 is 5.60 Å². The van der Waals surface area contributed by atoms with Crippen LogP contribution >= 0.6 is 0 Å². The minimum absolute atomic E-state index is 0.0958. The zero-order chi connectivity index (χ0) is 27.1. The van der Waals surface area contributed by atoms with Gasteiger partial charge in [-0.1, -0.05) is 0 Å². The Kier molecular flexibility index (Phi) is 6.97. The minimum Gasteiger partial charge on any atom is -0.508 e. The van der Waals surface area contributed by atoms with Gasteiger partial charge in [0.15, 0.2) is 11.9 Å². The molecule has 3 aliphatic rings. The Hall–Kier alpha value is -3.17. The molecule has 0 bridgehead atoms. The third-order valence-corrected chi connectivity index (χ3v) is 7.74. The lowest BCUT2D eigenvalue weighted by Crippen LogP contribution is -2.49. The van der Waals surface area contributed by atoms with Crippen LogP contribution < -0.4 is 0 Å². The van der Waals surface area contributed by atoms with Gasteiger partial charge in [0, 0.05) is 56.2 Å². The maximum Gasteiger partial charge on any atom is 0.410 e. The van der Waals surface area contributed by atoms with Crippen LogP contribution in [0.4, 0.5) is 4.79 Å². The SMILES string of the molecule is CC(C)(C)OC(=O)N1CCN(Cc2cc(-c3ccc(O)cc3)nc3c2c(C2CC2)nn3C2CCCCO2)CC1. The van der Waals surface area contributed by atoms with E-state index in [9.17, 15) is 9.90 Å². The fourth-order valence-corrected chi connectivity index (χ4v) is 5.56. The van der Waals surface area contributed by atoms with E-state index in [1.165, 1.54) is 5.56 Å². The van der Waals surface area contributed by atoms with Gasteiger partial charge in [-0.25, -0.2) is 14.5 Å². The summed E-state index contributed by atoms with van der Waals surface area (Å²) in [5.41, 5.74) is 4.56. The predicted octanol–water partition coefficient (Wildman–Crippen LogP) is 5.43. The van der Waals surface area contributed by atoms with Crippen molar-refractivity contribution in [1.82, 2.24) is 24.6 Å². The topological polar surface area (TPSA) is 93.0 Å². The minimum atomic E-state index is -0.497. The van der Waals surface area contributed by atoms with Crippen LogP contribution in [0.2, 0.25) is 0 Å². The molecule has 2 aromatic heterocycles. The lowest BCUT2D eigenvalue weighted by atomic mass is 10.0. The molecule has 4 heterocycles. The molecular formula is C30H39N5O4. The van der Waals surface area contributed by atoms with Crippen molar-refractivity contribution >= 4 is 17.1 Å². The van der Waals surface area contributed by atoms with Crippen molar-refractivity contribution in [3.8, 4) is 17.0 Å². The van der Waals surface area contributed by atoms with Crippen LogP contribution in [0.1, 0.15) is 76.3 Å². The van der Waals surface area contributed by atoms with Crippen molar-refractivity contribution in [1.29, 1.82) is 0 Å². The maximum absolute atomic E-state index is 12.6. The average molecular weight is 534 g/mol. The zero-order valence-corrected chi connectivity index (χ0v) is 23.2. The third-order valence-electron chi connectivity index (χ3n) is 7.74. The number of aromatic hydroxyl groups is 1. The van der Waals surface area contributed by atoms with Crippen molar-refractivity contribution in [3.05, 3.63) is 41.6 Å². The fraction of sp³-hybridized carbons (Fsp3) is 0.567. The number of hydrogen-bond donors (Lipinski definition) is 1. The summed E-state index contributed by atoms with van der Waals surface area (Å²) in [5.74, 6) is 0.709. The Morgan fingerprint density at radius 2 is 1.82 bits per heavy atom. The van der Waals surface area contributed by atoms with Crippen LogP contribution in [0.5, 0.6) is 5.75 Å². The summed E-state index contributed by atoms with van der Waals surface area (Å²) in [5, 5.41) is 16.2. The van der Waals surface area contributed by atoms with Crippen molar-refractivity contribution in [2.75, 3.05) is 32.8 Å². The van der Waals surface area contributed by atoms with Crippen molar-refractivity contribution < 1.29 is 19.4 Å².